The second-order valence-electron chi connectivity index (χ2n) is 4.92. The quantitative estimate of drug-likeness (QED) is 0.663. The van der Waals surface area contributed by atoms with Crippen LogP contribution in [0.25, 0.3) is 0 Å². The number of hydrogen-bond acceptors (Lipinski definition) is 1. The van der Waals surface area contributed by atoms with Gasteiger partial charge >= 0.3 is 0 Å². The van der Waals surface area contributed by atoms with Gasteiger partial charge in [0.2, 0.25) is 5.91 Å². The van der Waals surface area contributed by atoms with E-state index in [9.17, 15) is 4.79 Å². The molecule has 2 unspecified atom stereocenters. The fourth-order valence-corrected chi connectivity index (χ4v) is 1.45. The van der Waals surface area contributed by atoms with Crippen molar-refractivity contribution >= 4 is 5.91 Å². The first-order valence-electron chi connectivity index (χ1n) is 6.22. The maximum Gasteiger partial charge on any atom is 0.225 e. The van der Waals surface area contributed by atoms with Crippen molar-refractivity contribution in [2.24, 2.45) is 17.8 Å². The molecule has 0 aromatic rings. The summed E-state index contributed by atoms with van der Waals surface area (Å²) >= 11 is 0. The molecule has 0 aliphatic heterocycles. The van der Waals surface area contributed by atoms with E-state index in [2.05, 4.69) is 34.6 Å². The Morgan fingerprint density at radius 1 is 1.13 bits per heavy atom. The summed E-state index contributed by atoms with van der Waals surface area (Å²) in [5.41, 5.74) is 0. The van der Waals surface area contributed by atoms with E-state index in [1.54, 1.807) is 0 Å². The van der Waals surface area contributed by atoms with Gasteiger partial charge in [0, 0.05) is 19.0 Å². The molecule has 0 aliphatic rings. The molecule has 0 saturated carbocycles. The van der Waals surface area contributed by atoms with Gasteiger partial charge in [-0.05, 0) is 18.8 Å². The molecule has 0 heterocycles. The third kappa shape index (κ3) is 4.67. The smallest absolute Gasteiger partial charge is 0.225 e. The lowest BCUT2D eigenvalue weighted by atomic mass is 9.96. The SMILES string of the molecule is CCC(C)CN(CC)C(=O)C(C)C(C)C. The van der Waals surface area contributed by atoms with E-state index >= 15 is 0 Å². The van der Waals surface area contributed by atoms with Gasteiger partial charge in [0.05, 0.1) is 0 Å². The lowest BCUT2D eigenvalue weighted by Crippen LogP contribution is -2.39. The predicted molar refractivity (Wildman–Crippen MR) is 65.7 cm³/mol. The highest BCUT2D eigenvalue weighted by Crippen LogP contribution is 2.15. The minimum atomic E-state index is 0.147. The molecule has 15 heavy (non-hydrogen) atoms. The number of carbonyl (C=O) groups excluding carboxylic acids is 1. The summed E-state index contributed by atoms with van der Waals surface area (Å²) in [7, 11) is 0. The highest BCUT2D eigenvalue weighted by molar-refractivity contribution is 5.78. The molecule has 0 fully saturated rings. The first-order chi connectivity index (χ1) is 6.93. The standard InChI is InChI=1S/C13H27NO/c1-7-11(5)9-14(8-2)13(15)12(6)10(3)4/h10-12H,7-9H2,1-6H3. The van der Waals surface area contributed by atoms with Crippen molar-refractivity contribution < 1.29 is 4.79 Å². The van der Waals surface area contributed by atoms with E-state index in [1.165, 1.54) is 0 Å². The van der Waals surface area contributed by atoms with Crippen molar-refractivity contribution in [1.29, 1.82) is 0 Å². The molecule has 0 N–H and O–H groups in total. The number of amides is 1. The van der Waals surface area contributed by atoms with Crippen molar-refractivity contribution in [1.82, 2.24) is 4.90 Å². The number of hydrogen-bond donors (Lipinski definition) is 0. The van der Waals surface area contributed by atoms with Crippen LogP contribution in [-0.2, 0) is 4.79 Å². The van der Waals surface area contributed by atoms with Crippen LogP contribution >= 0.6 is 0 Å². The van der Waals surface area contributed by atoms with Gasteiger partial charge in [-0.2, -0.15) is 0 Å². The van der Waals surface area contributed by atoms with Crippen LogP contribution in [0.4, 0.5) is 0 Å². The van der Waals surface area contributed by atoms with Crippen molar-refractivity contribution in [3.63, 3.8) is 0 Å². The average molecular weight is 213 g/mol. The second kappa shape index (κ2) is 6.86. The summed E-state index contributed by atoms with van der Waals surface area (Å²) < 4.78 is 0. The van der Waals surface area contributed by atoms with Crippen molar-refractivity contribution in [2.45, 2.75) is 48.0 Å². The summed E-state index contributed by atoms with van der Waals surface area (Å²) in [6, 6.07) is 0. The average Bonchev–Trinajstić information content (AvgIpc) is 2.23. The Morgan fingerprint density at radius 2 is 1.67 bits per heavy atom. The summed E-state index contributed by atoms with van der Waals surface area (Å²) in [5, 5.41) is 0. The van der Waals surface area contributed by atoms with Crippen molar-refractivity contribution in [3.8, 4) is 0 Å². The van der Waals surface area contributed by atoms with Crippen LogP contribution in [0.5, 0.6) is 0 Å². The van der Waals surface area contributed by atoms with Crippen molar-refractivity contribution in [3.05, 3.63) is 0 Å². The lowest BCUT2D eigenvalue weighted by Gasteiger charge is -2.28. The first kappa shape index (κ1) is 14.5. The van der Waals surface area contributed by atoms with Gasteiger partial charge in [0.25, 0.3) is 0 Å². The highest BCUT2D eigenvalue weighted by Gasteiger charge is 2.22. The molecule has 0 bridgehead atoms. The van der Waals surface area contributed by atoms with Crippen LogP contribution in [0.2, 0.25) is 0 Å². The molecule has 1 amide bonds. The minimum absolute atomic E-state index is 0.147. The monoisotopic (exact) mass is 213 g/mol. The Labute approximate surface area is 95.0 Å². The van der Waals surface area contributed by atoms with E-state index < -0.39 is 0 Å². The molecule has 2 heteroatoms. The van der Waals surface area contributed by atoms with Gasteiger partial charge in [-0.25, -0.2) is 0 Å². The molecule has 0 saturated heterocycles. The van der Waals surface area contributed by atoms with Gasteiger partial charge in [-0.15, -0.1) is 0 Å². The maximum atomic E-state index is 12.1. The van der Waals surface area contributed by atoms with Crippen LogP contribution in [0.15, 0.2) is 0 Å². The molecule has 0 aromatic heterocycles. The topological polar surface area (TPSA) is 20.3 Å². The summed E-state index contributed by atoms with van der Waals surface area (Å²) in [4.78, 5) is 14.1. The van der Waals surface area contributed by atoms with E-state index in [0.717, 1.165) is 19.5 Å². The second-order valence-corrected chi connectivity index (χ2v) is 4.92. The molecule has 2 atom stereocenters. The Balaban J connectivity index is 4.34. The largest absolute Gasteiger partial charge is 0.342 e. The number of nitrogens with zero attached hydrogens (tertiary/aromatic N) is 1. The van der Waals surface area contributed by atoms with E-state index in [-0.39, 0.29) is 5.92 Å². The van der Waals surface area contributed by atoms with Crippen LogP contribution in [0.3, 0.4) is 0 Å². The summed E-state index contributed by atoms with van der Waals surface area (Å²) in [5.74, 6) is 1.50. The number of rotatable bonds is 6. The minimum Gasteiger partial charge on any atom is -0.342 e. The molecule has 0 aliphatic carbocycles. The van der Waals surface area contributed by atoms with Gasteiger partial charge in [0.1, 0.15) is 0 Å². The molecule has 90 valence electrons. The zero-order valence-corrected chi connectivity index (χ0v) is 11.2. The Bertz CT molecular complexity index is 189. The Hall–Kier alpha value is -0.530. The van der Waals surface area contributed by atoms with Crippen LogP contribution in [-0.4, -0.2) is 23.9 Å². The lowest BCUT2D eigenvalue weighted by molar-refractivity contribution is -0.136. The third-order valence-electron chi connectivity index (χ3n) is 3.31. The molecule has 0 spiro atoms. The van der Waals surface area contributed by atoms with Crippen LogP contribution < -0.4 is 0 Å². The van der Waals surface area contributed by atoms with Gasteiger partial charge in [-0.3, -0.25) is 4.79 Å². The zero-order valence-electron chi connectivity index (χ0n) is 11.2. The summed E-state index contributed by atoms with van der Waals surface area (Å²) in [6.45, 7) is 14.4. The fraction of sp³-hybridized carbons (Fsp3) is 0.923. The van der Waals surface area contributed by atoms with E-state index in [0.29, 0.717) is 17.7 Å². The van der Waals surface area contributed by atoms with E-state index in [4.69, 9.17) is 0 Å². The highest BCUT2D eigenvalue weighted by atomic mass is 16.2. The molecular weight excluding hydrogens is 186 g/mol. The molecule has 0 radical (unpaired) electrons. The van der Waals surface area contributed by atoms with Gasteiger partial charge in [-0.1, -0.05) is 41.0 Å². The Morgan fingerprint density at radius 3 is 2.00 bits per heavy atom. The Kier molecular flexibility index (Phi) is 6.62. The van der Waals surface area contributed by atoms with E-state index in [1.807, 2.05) is 11.8 Å². The zero-order chi connectivity index (χ0) is 12.0. The van der Waals surface area contributed by atoms with Crippen molar-refractivity contribution in [2.75, 3.05) is 13.1 Å². The fourth-order valence-electron chi connectivity index (χ4n) is 1.45. The van der Waals surface area contributed by atoms with Gasteiger partial charge in [0.15, 0.2) is 0 Å². The normalized spacial score (nSPS) is 15.1. The predicted octanol–water partition coefficient (Wildman–Crippen LogP) is 3.17. The maximum absolute atomic E-state index is 12.1. The summed E-state index contributed by atoms with van der Waals surface area (Å²) in [6.07, 6.45) is 1.14. The molecule has 0 rings (SSSR count). The van der Waals surface area contributed by atoms with Crippen LogP contribution in [0, 0.1) is 17.8 Å². The third-order valence-corrected chi connectivity index (χ3v) is 3.31. The molecule has 0 aromatic carbocycles. The number of carbonyl (C=O) groups is 1. The molecular formula is C13H27NO. The van der Waals surface area contributed by atoms with Gasteiger partial charge < -0.3 is 4.90 Å². The van der Waals surface area contributed by atoms with Crippen LogP contribution in [0.1, 0.15) is 48.0 Å². The first-order valence-corrected chi connectivity index (χ1v) is 6.22. The molecule has 2 nitrogen and oxygen atoms in total.